The van der Waals surface area contributed by atoms with Crippen LogP contribution in [0.5, 0.6) is 11.5 Å². The van der Waals surface area contributed by atoms with Gasteiger partial charge in [-0.05, 0) is 43.7 Å². The average molecular weight is 480 g/mol. The number of carbonyl (C=O) groups is 2. The average Bonchev–Trinajstić information content (AvgIpc) is 3.44. The molecule has 176 valence electrons. The van der Waals surface area contributed by atoms with Gasteiger partial charge in [0.05, 0.1) is 19.9 Å². The van der Waals surface area contributed by atoms with Crippen molar-refractivity contribution in [3.63, 3.8) is 0 Å². The van der Waals surface area contributed by atoms with Gasteiger partial charge in [0.15, 0.2) is 5.13 Å². The summed E-state index contributed by atoms with van der Waals surface area (Å²) in [5.74, 6) is 0.0442. The van der Waals surface area contributed by atoms with Crippen LogP contribution >= 0.6 is 11.3 Å². The van der Waals surface area contributed by atoms with Gasteiger partial charge < -0.3 is 19.1 Å². The highest BCUT2D eigenvalue weighted by atomic mass is 32.1. The van der Waals surface area contributed by atoms with Crippen molar-refractivity contribution < 1.29 is 24.2 Å². The number of carboxylic acid groups (broad SMARTS) is 1. The maximum Gasteiger partial charge on any atom is 0.323 e. The first-order chi connectivity index (χ1) is 16.4. The third-order valence-corrected chi connectivity index (χ3v) is 6.46. The van der Waals surface area contributed by atoms with Crippen LogP contribution in [-0.4, -0.2) is 47.3 Å². The third-order valence-electron chi connectivity index (χ3n) is 5.60. The smallest absolute Gasteiger partial charge is 0.323 e. The van der Waals surface area contributed by atoms with Crippen LogP contribution in [0.25, 0.3) is 22.2 Å². The minimum absolute atomic E-state index is 0.303. The lowest BCUT2D eigenvalue weighted by Crippen LogP contribution is -2.32. The molecule has 2 heterocycles. The first-order valence-corrected chi connectivity index (χ1v) is 11.6. The molecule has 0 fully saturated rings. The molecule has 1 amide bonds. The first-order valence-electron chi connectivity index (χ1n) is 10.7. The van der Waals surface area contributed by atoms with Crippen molar-refractivity contribution in [2.75, 3.05) is 25.7 Å². The Kier molecular flexibility index (Phi) is 6.56. The number of amides is 1. The van der Waals surface area contributed by atoms with E-state index in [-0.39, 0.29) is 12.5 Å². The Morgan fingerprint density at radius 2 is 1.85 bits per heavy atom. The second-order valence-corrected chi connectivity index (χ2v) is 8.49. The number of carbonyl (C=O) groups excluding carboxylic acids is 1. The molecule has 0 saturated heterocycles. The fraction of sp³-hybridized carbons (Fsp3) is 0.240. The number of para-hydroxylation sites is 1. The van der Waals surface area contributed by atoms with Crippen LogP contribution in [0, 0.1) is 6.92 Å². The number of aliphatic carboxylic acids is 1. The molecular formula is C25H25N3O5S. The number of hydrogen-bond acceptors (Lipinski definition) is 6. The SMILES string of the molecule is CCN(C(=O)c1cc2ccccc2n1CC(=O)O)c1nc(-c2cc(OC)c(C)cc2OC)cs1. The predicted octanol–water partition coefficient (Wildman–Crippen LogP) is 4.84. The number of benzene rings is 2. The summed E-state index contributed by atoms with van der Waals surface area (Å²) in [6.07, 6.45) is 0. The predicted molar refractivity (Wildman–Crippen MR) is 132 cm³/mol. The number of nitrogens with zero attached hydrogens (tertiary/aromatic N) is 3. The Balaban J connectivity index is 1.74. The fourth-order valence-corrected chi connectivity index (χ4v) is 4.85. The van der Waals surface area contributed by atoms with Crippen LogP contribution < -0.4 is 14.4 Å². The first kappa shape index (κ1) is 23.3. The van der Waals surface area contributed by atoms with Gasteiger partial charge in [0.1, 0.15) is 23.7 Å². The molecule has 2 aromatic heterocycles. The summed E-state index contributed by atoms with van der Waals surface area (Å²) in [4.78, 5) is 31.4. The highest BCUT2D eigenvalue weighted by molar-refractivity contribution is 7.14. The van der Waals surface area contributed by atoms with Crippen LogP contribution in [0.4, 0.5) is 5.13 Å². The summed E-state index contributed by atoms with van der Waals surface area (Å²) >= 11 is 1.34. The third kappa shape index (κ3) is 4.22. The van der Waals surface area contributed by atoms with E-state index in [1.54, 1.807) is 25.2 Å². The molecule has 0 saturated carbocycles. The van der Waals surface area contributed by atoms with E-state index in [0.717, 1.165) is 16.5 Å². The number of carboxylic acids is 1. The fourth-order valence-electron chi connectivity index (χ4n) is 3.96. The lowest BCUT2D eigenvalue weighted by atomic mass is 10.1. The molecule has 0 aliphatic rings. The van der Waals surface area contributed by atoms with Crippen LogP contribution in [0.3, 0.4) is 0 Å². The summed E-state index contributed by atoms with van der Waals surface area (Å²) in [5.41, 5.74) is 3.36. The van der Waals surface area contributed by atoms with Crippen molar-refractivity contribution in [3.8, 4) is 22.8 Å². The zero-order valence-corrected chi connectivity index (χ0v) is 20.2. The van der Waals surface area contributed by atoms with E-state index in [1.807, 2.05) is 55.6 Å². The number of ether oxygens (including phenoxy) is 2. The van der Waals surface area contributed by atoms with Gasteiger partial charge in [-0.2, -0.15) is 0 Å². The van der Waals surface area contributed by atoms with Crippen LogP contribution in [0.15, 0.2) is 47.8 Å². The van der Waals surface area contributed by atoms with E-state index >= 15 is 0 Å². The van der Waals surface area contributed by atoms with E-state index < -0.39 is 5.97 Å². The number of rotatable bonds is 8. The van der Waals surface area contributed by atoms with E-state index in [4.69, 9.17) is 14.5 Å². The van der Waals surface area contributed by atoms with Gasteiger partial charge in [-0.1, -0.05) is 18.2 Å². The highest BCUT2D eigenvalue weighted by Gasteiger charge is 2.25. The minimum atomic E-state index is -1.02. The van der Waals surface area contributed by atoms with Crippen LogP contribution in [-0.2, 0) is 11.3 Å². The molecule has 1 N–H and O–H groups in total. The van der Waals surface area contributed by atoms with E-state index in [1.165, 1.54) is 15.9 Å². The van der Waals surface area contributed by atoms with Crippen molar-refractivity contribution in [2.24, 2.45) is 0 Å². The number of fused-ring (bicyclic) bond motifs is 1. The topological polar surface area (TPSA) is 93.9 Å². The lowest BCUT2D eigenvalue weighted by molar-refractivity contribution is -0.137. The number of hydrogen-bond donors (Lipinski definition) is 1. The number of methoxy groups -OCH3 is 2. The number of aromatic nitrogens is 2. The molecule has 0 atom stereocenters. The van der Waals surface area contributed by atoms with Crippen molar-refractivity contribution in [1.29, 1.82) is 0 Å². The number of thiazole rings is 1. The normalized spacial score (nSPS) is 10.9. The summed E-state index contributed by atoms with van der Waals surface area (Å²) in [5, 5.41) is 12.6. The molecule has 0 aliphatic heterocycles. The maximum atomic E-state index is 13.6. The molecule has 9 heteroatoms. The van der Waals surface area contributed by atoms with Crippen molar-refractivity contribution >= 4 is 39.2 Å². The molecule has 4 rings (SSSR count). The molecule has 0 spiro atoms. The molecule has 2 aromatic carbocycles. The van der Waals surface area contributed by atoms with Gasteiger partial charge in [0.25, 0.3) is 5.91 Å². The summed E-state index contributed by atoms with van der Waals surface area (Å²) < 4.78 is 12.5. The maximum absolute atomic E-state index is 13.6. The van der Waals surface area contributed by atoms with Gasteiger partial charge >= 0.3 is 5.97 Å². The van der Waals surface area contributed by atoms with Gasteiger partial charge in [-0.25, -0.2) is 4.98 Å². The largest absolute Gasteiger partial charge is 0.496 e. The molecule has 0 aliphatic carbocycles. The lowest BCUT2D eigenvalue weighted by Gasteiger charge is -2.19. The Morgan fingerprint density at radius 3 is 2.53 bits per heavy atom. The standard InChI is InChI=1S/C25H25N3O5S/c1-5-27(24(31)20-11-16-8-6-7-9-19(16)28(20)13-23(29)30)25-26-18(14-34-25)17-12-21(32-3)15(2)10-22(17)33-4/h6-12,14H,5,13H2,1-4H3,(H,29,30). The Labute approximate surface area is 201 Å². The quantitative estimate of drug-likeness (QED) is 0.389. The molecule has 34 heavy (non-hydrogen) atoms. The molecule has 0 unspecified atom stereocenters. The minimum Gasteiger partial charge on any atom is -0.496 e. The molecule has 8 nitrogen and oxygen atoms in total. The summed E-state index contributed by atoms with van der Waals surface area (Å²) in [6, 6.07) is 12.8. The molecule has 0 radical (unpaired) electrons. The Morgan fingerprint density at radius 1 is 1.12 bits per heavy atom. The monoisotopic (exact) mass is 479 g/mol. The van der Waals surface area contributed by atoms with Gasteiger partial charge in [-0.15, -0.1) is 11.3 Å². The molecule has 0 bridgehead atoms. The summed E-state index contributed by atoms with van der Waals surface area (Å²) in [7, 11) is 3.21. The van der Waals surface area contributed by atoms with Crippen molar-refractivity contribution in [3.05, 3.63) is 59.1 Å². The second-order valence-electron chi connectivity index (χ2n) is 7.66. The zero-order valence-electron chi connectivity index (χ0n) is 19.4. The number of anilines is 1. The number of aryl methyl sites for hydroxylation is 1. The molecule has 4 aromatic rings. The van der Waals surface area contributed by atoms with E-state index in [2.05, 4.69) is 0 Å². The van der Waals surface area contributed by atoms with Crippen molar-refractivity contribution in [2.45, 2.75) is 20.4 Å². The zero-order chi connectivity index (χ0) is 24.4. The van der Waals surface area contributed by atoms with Crippen LogP contribution in [0.2, 0.25) is 0 Å². The Bertz CT molecular complexity index is 1370. The van der Waals surface area contributed by atoms with Crippen molar-refractivity contribution in [1.82, 2.24) is 9.55 Å². The van der Waals surface area contributed by atoms with Crippen LogP contribution in [0.1, 0.15) is 23.0 Å². The van der Waals surface area contributed by atoms with Gasteiger partial charge in [-0.3, -0.25) is 14.5 Å². The van der Waals surface area contributed by atoms with Gasteiger partial charge in [0, 0.05) is 28.4 Å². The molecular weight excluding hydrogens is 454 g/mol. The van der Waals surface area contributed by atoms with Gasteiger partial charge in [0.2, 0.25) is 0 Å². The van der Waals surface area contributed by atoms with E-state index in [9.17, 15) is 14.7 Å². The highest BCUT2D eigenvalue weighted by Crippen LogP contribution is 2.38. The Hall–Kier alpha value is -3.85. The summed E-state index contributed by atoms with van der Waals surface area (Å²) in [6.45, 7) is 3.86. The second kappa shape index (κ2) is 9.56. The van der Waals surface area contributed by atoms with E-state index in [0.29, 0.717) is 40.1 Å².